The molecule has 1 aliphatic carbocycles. The number of aromatic nitrogens is 1. The lowest BCUT2D eigenvalue weighted by atomic mass is 9.86. The average Bonchev–Trinajstić information content (AvgIpc) is 2.43. The van der Waals surface area contributed by atoms with Gasteiger partial charge < -0.3 is 20.8 Å². The van der Waals surface area contributed by atoms with Crippen molar-refractivity contribution in [1.29, 1.82) is 0 Å². The summed E-state index contributed by atoms with van der Waals surface area (Å²) in [5.41, 5.74) is 9.16. The van der Waals surface area contributed by atoms with Gasteiger partial charge in [0, 0.05) is 13.6 Å². The van der Waals surface area contributed by atoms with Crippen molar-refractivity contribution >= 4 is 5.70 Å². The lowest BCUT2D eigenvalue weighted by molar-refractivity contribution is 0.179. The third kappa shape index (κ3) is 3.90. The van der Waals surface area contributed by atoms with E-state index in [0.29, 0.717) is 18.2 Å². The lowest BCUT2D eigenvalue weighted by Gasteiger charge is -2.25. The predicted octanol–water partition coefficient (Wildman–Crippen LogP) is 1.22. The molecule has 1 aliphatic rings. The molecule has 5 N–H and O–H groups in total. The van der Waals surface area contributed by atoms with Crippen LogP contribution >= 0.6 is 0 Å². The van der Waals surface area contributed by atoms with Gasteiger partial charge in [-0.3, -0.25) is 0 Å². The molecule has 1 saturated carbocycles. The van der Waals surface area contributed by atoms with Gasteiger partial charge in [-0.25, -0.2) is 10.8 Å². The minimum absolute atomic E-state index is 0.577. The predicted molar refractivity (Wildman–Crippen MR) is 88.8 cm³/mol. The second kappa shape index (κ2) is 7.47. The molecule has 0 amide bonds. The molecule has 1 aromatic rings. The third-order valence-electron chi connectivity index (χ3n) is 4.09. The molecule has 1 fully saturated rings. The van der Waals surface area contributed by atoms with Crippen molar-refractivity contribution in [2.75, 3.05) is 27.2 Å². The maximum Gasteiger partial charge on any atom is 0.140 e. The van der Waals surface area contributed by atoms with Gasteiger partial charge in [-0.1, -0.05) is 6.42 Å². The first-order chi connectivity index (χ1) is 10.5. The van der Waals surface area contributed by atoms with Gasteiger partial charge in [0.15, 0.2) is 0 Å². The Labute approximate surface area is 132 Å². The quantitative estimate of drug-likeness (QED) is 0.518. The monoisotopic (exact) mass is 305 g/mol. The van der Waals surface area contributed by atoms with Crippen LogP contribution in [0.4, 0.5) is 0 Å². The van der Waals surface area contributed by atoms with E-state index in [1.54, 1.807) is 7.05 Å². The highest BCUT2D eigenvalue weighted by Gasteiger charge is 2.18. The molecule has 0 unspecified atom stereocenters. The third-order valence-corrected chi connectivity index (χ3v) is 4.09. The first-order valence-corrected chi connectivity index (χ1v) is 7.75. The van der Waals surface area contributed by atoms with Crippen LogP contribution < -0.4 is 21.6 Å². The molecule has 2 rings (SSSR count). The minimum atomic E-state index is 0.577. The van der Waals surface area contributed by atoms with Crippen LogP contribution in [-0.2, 0) is 0 Å². The maximum absolute atomic E-state index is 6.21. The smallest absolute Gasteiger partial charge is 0.140 e. The molecule has 6 nitrogen and oxygen atoms in total. The number of hydrogen-bond donors (Lipinski definition) is 3. The summed E-state index contributed by atoms with van der Waals surface area (Å²) >= 11 is 0. The van der Waals surface area contributed by atoms with Gasteiger partial charge in [-0.05, 0) is 44.9 Å². The molecule has 0 aliphatic heterocycles. The van der Waals surface area contributed by atoms with Crippen molar-refractivity contribution in [3.8, 4) is 5.75 Å². The van der Waals surface area contributed by atoms with Crippen LogP contribution in [0.3, 0.4) is 0 Å². The van der Waals surface area contributed by atoms with Crippen molar-refractivity contribution in [2.24, 2.45) is 17.5 Å². The summed E-state index contributed by atoms with van der Waals surface area (Å²) < 4.78 is 5.86. The normalized spacial score (nSPS) is 16.0. The van der Waals surface area contributed by atoms with E-state index in [2.05, 4.69) is 10.3 Å². The van der Waals surface area contributed by atoms with Crippen LogP contribution in [0.1, 0.15) is 30.7 Å². The molecule has 1 heterocycles. The zero-order chi connectivity index (χ0) is 16.1. The number of hydrazine groups is 1. The van der Waals surface area contributed by atoms with E-state index in [4.69, 9.17) is 16.3 Å². The molecule has 0 radical (unpaired) electrons. The lowest BCUT2D eigenvalue weighted by Crippen LogP contribution is -2.33. The Bertz CT molecular complexity index is 537. The second-order valence-corrected chi connectivity index (χ2v) is 5.89. The molecule has 122 valence electrons. The summed E-state index contributed by atoms with van der Waals surface area (Å²) in [6.07, 6.45) is 3.87. The number of likely N-dealkylation sites (N-methyl/N-ethyl adjacent to an activating group) is 2. The summed E-state index contributed by atoms with van der Waals surface area (Å²) in [6, 6.07) is 3.83. The molecule has 0 spiro atoms. The first-order valence-electron chi connectivity index (χ1n) is 7.75. The number of ether oxygens (including phenoxy) is 1. The van der Waals surface area contributed by atoms with E-state index in [9.17, 15) is 0 Å². The van der Waals surface area contributed by atoms with Crippen LogP contribution in [0, 0.1) is 12.8 Å². The molecule has 0 saturated heterocycles. The van der Waals surface area contributed by atoms with Crippen LogP contribution in [0.25, 0.3) is 5.70 Å². The van der Waals surface area contributed by atoms with Gasteiger partial charge in [0.2, 0.25) is 0 Å². The Balaban J connectivity index is 2.14. The number of hydrogen-bond acceptors (Lipinski definition) is 6. The van der Waals surface area contributed by atoms with Crippen LogP contribution in [-0.4, -0.2) is 37.2 Å². The number of pyridine rings is 1. The molecule has 0 bridgehead atoms. The van der Waals surface area contributed by atoms with Gasteiger partial charge in [0.25, 0.3) is 0 Å². The standard InChI is InChI=1S/C16H27N5O/c1-11-15(22-10-12-5-4-6-12)8-7-13(20-11)16(17)14(9-19-2)21(3)18/h7-8,12,19H,4-6,9-10,17-18H2,1-3H3/b16-14-. The Kier molecular flexibility index (Phi) is 5.63. The first kappa shape index (κ1) is 16.6. The van der Waals surface area contributed by atoms with E-state index >= 15 is 0 Å². The zero-order valence-corrected chi connectivity index (χ0v) is 13.7. The number of nitrogens with two attached hydrogens (primary N) is 2. The summed E-state index contributed by atoms with van der Waals surface area (Å²) in [6.45, 7) is 3.31. The summed E-state index contributed by atoms with van der Waals surface area (Å²) in [5.74, 6) is 7.37. The highest BCUT2D eigenvalue weighted by atomic mass is 16.5. The van der Waals surface area contributed by atoms with Gasteiger partial charge in [0.05, 0.1) is 29.4 Å². The van der Waals surface area contributed by atoms with Crippen molar-refractivity contribution < 1.29 is 4.74 Å². The van der Waals surface area contributed by atoms with Crippen molar-refractivity contribution in [3.63, 3.8) is 0 Å². The average molecular weight is 305 g/mol. The van der Waals surface area contributed by atoms with Gasteiger partial charge in [0.1, 0.15) is 5.75 Å². The fourth-order valence-corrected chi connectivity index (χ4v) is 2.44. The highest BCUT2D eigenvalue weighted by molar-refractivity contribution is 5.63. The molecular weight excluding hydrogens is 278 g/mol. The largest absolute Gasteiger partial charge is 0.491 e. The van der Waals surface area contributed by atoms with E-state index in [-0.39, 0.29) is 0 Å². The zero-order valence-electron chi connectivity index (χ0n) is 13.7. The Hall–Kier alpha value is -1.79. The summed E-state index contributed by atoms with van der Waals surface area (Å²) in [5, 5.41) is 4.58. The van der Waals surface area contributed by atoms with E-state index in [1.807, 2.05) is 26.1 Å². The van der Waals surface area contributed by atoms with Crippen molar-refractivity contribution in [3.05, 3.63) is 29.2 Å². The van der Waals surface area contributed by atoms with Gasteiger partial charge in [-0.15, -0.1) is 0 Å². The molecule has 22 heavy (non-hydrogen) atoms. The van der Waals surface area contributed by atoms with Gasteiger partial charge >= 0.3 is 0 Å². The van der Waals surface area contributed by atoms with Gasteiger partial charge in [-0.2, -0.15) is 0 Å². The fraction of sp³-hybridized carbons (Fsp3) is 0.562. The highest BCUT2D eigenvalue weighted by Crippen LogP contribution is 2.28. The molecule has 1 aromatic heterocycles. The van der Waals surface area contributed by atoms with Crippen LogP contribution in [0.5, 0.6) is 5.75 Å². The molecule has 0 atom stereocenters. The summed E-state index contributed by atoms with van der Waals surface area (Å²) in [4.78, 5) is 4.56. The number of nitrogens with zero attached hydrogens (tertiary/aromatic N) is 2. The Morgan fingerprint density at radius 3 is 2.68 bits per heavy atom. The van der Waals surface area contributed by atoms with E-state index in [0.717, 1.165) is 29.4 Å². The van der Waals surface area contributed by atoms with Crippen molar-refractivity contribution in [2.45, 2.75) is 26.2 Å². The molecule has 6 heteroatoms. The molecular formula is C16H27N5O. The number of nitrogens with one attached hydrogen (secondary N) is 1. The van der Waals surface area contributed by atoms with Crippen LogP contribution in [0.15, 0.2) is 17.8 Å². The Morgan fingerprint density at radius 1 is 1.45 bits per heavy atom. The summed E-state index contributed by atoms with van der Waals surface area (Å²) in [7, 11) is 3.62. The minimum Gasteiger partial charge on any atom is -0.491 e. The number of rotatable bonds is 7. The molecule has 0 aromatic carbocycles. The van der Waals surface area contributed by atoms with Crippen molar-refractivity contribution in [1.82, 2.24) is 15.3 Å². The van der Waals surface area contributed by atoms with Crippen LogP contribution in [0.2, 0.25) is 0 Å². The SMILES string of the molecule is CNC/C(=C(/N)c1ccc(OCC2CCC2)c(C)n1)N(C)N. The Morgan fingerprint density at radius 2 is 2.18 bits per heavy atom. The fourth-order valence-electron chi connectivity index (χ4n) is 2.44. The second-order valence-electron chi connectivity index (χ2n) is 5.89. The van der Waals surface area contributed by atoms with E-state index < -0.39 is 0 Å². The number of aryl methyl sites for hydroxylation is 1. The maximum atomic E-state index is 6.21. The topological polar surface area (TPSA) is 89.4 Å². The van der Waals surface area contributed by atoms with E-state index in [1.165, 1.54) is 24.3 Å².